The molecule has 0 aromatic carbocycles. The van der Waals surface area contributed by atoms with E-state index in [4.69, 9.17) is 11.6 Å². The van der Waals surface area contributed by atoms with Gasteiger partial charge in [-0.1, -0.05) is 6.42 Å². The number of halogens is 1. The van der Waals surface area contributed by atoms with Gasteiger partial charge in [-0.15, -0.1) is 23.4 Å². The summed E-state index contributed by atoms with van der Waals surface area (Å²) in [6, 6.07) is 0.0618. The van der Waals surface area contributed by atoms with Gasteiger partial charge in [0.25, 0.3) is 0 Å². The Hall–Kier alpha value is 0.110. The van der Waals surface area contributed by atoms with Crippen molar-refractivity contribution < 1.29 is 4.79 Å². The lowest BCUT2D eigenvalue weighted by molar-refractivity contribution is -0.121. The van der Waals surface area contributed by atoms with Crippen LogP contribution < -0.4 is 5.32 Å². The van der Waals surface area contributed by atoms with Crippen molar-refractivity contribution in [3.8, 4) is 0 Å². The molecule has 1 rings (SSSR count). The van der Waals surface area contributed by atoms with Gasteiger partial charge in [0.2, 0.25) is 5.91 Å². The zero-order chi connectivity index (χ0) is 10.6. The van der Waals surface area contributed by atoms with Crippen LogP contribution in [0.4, 0.5) is 0 Å². The molecule has 3 atom stereocenters. The summed E-state index contributed by atoms with van der Waals surface area (Å²) in [6.07, 6.45) is 3.44. The van der Waals surface area contributed by atoms with E-state index < -0.39 is 0 Å². The molecule has 2 nitrogen and oxygen atoms in total. The first-order valence-electron chi connectivity index (χ1n) is 5.17. The highest BCUT2D eigenvalue weighted by atomic mass is 35.5. The van der Waals surface area contributed by atoms with E-state index in [1.807, 2.05) is 13.8 Å². The average Bonchev–Trinajstić information content (AvgIpc) is 2.19. The fraction of sp³-hybridized carbons (Fsp3) is 0.900. The second-order valence-electron chi connectivity index (χ2n) is 3.83. The van der Waals surface area contributed by atoms with E-state index in [1.54, 1.807) is 11.8 Å². The van der Waals surface area contributed by atoms with Crippen LogP contribution in [0.15, 0.2) is 0 Å². The lowest BCUT2D eigenvalue weighted by atomic mass is 10.1. The smallest absolute Gasteiger partial charge is 0.233 e. The van der Waals surface area contributed by atoms with Gasteiger partial charge in [0.05, 0.1) is 10.6 Å². The minimum absolute atomic E-state index is 0.00691. The van der Waals surface area contributed by atoms with E-state index in [2.05, 4.69) is 5.32 Å². The lowest BCUT2D eigenvalue weighted by Gasteiger charge is -2.23. The molecule has 0 aliphatic carbocycles. The van der Waals surface area contributed by atoms with Gasteiger partial charge in [-0.2, -0.15) is 0 Å². The Morgan fingerprint density at radius 3 is 2.71 bits per heavy atom. The molecule has 0 aromatic rings. The number of hydrogen-bond donors (Lipinski definition) is 1. The first kappa shape index (κ1) is 12.2. The Labute approximate surface area is 95.2 Å². The van der Waals surface area contributed by atoms with Gasteiger partial charge in [0.15, 0.2) is 0 Å². The van der Waals surface area contributed by atoms with E-state index in [9.17, 15) is 4.79 Å². The van der Waals surface area contributed by atoms with Crippen LogP contribution in [0.3, 0.4) is 0 Å². The molecule has 4 heteroatoms. The van der Waals surface area contributed by atoms with E-state index in [1.165, 1.54) is 12.8 Å². The second-order valence-corrected chi connectivity index (χ2v) is 5.83. The first-order chi connectivity index (χ1) is 6.61. The molecule has 82 valence electrons. The van der Waals surface area contributed by atoms with E-state index in [-0.39, 0.29) is 22.6 Å². The molecule has 14 heavy (non-hydrogen) atoms. The average molecular weight is 236 g/mol. The molecule has 1 aliphatic heterocycles. The van der Waals surface area contributed by atoms with E-state index in [0.29, 0.717) is 0 Å². The third-order valence-electron chi connectivity index (χ3n) is 2.53. The fourth-order valence-electron chi connectivity index (χ4n) is 1.38. The summed E-state index contributed by atoms with van der Waals surface area (Å²) in [5, 5.41) is 3.10. The summed E-state index contributed by atoms with van der Waals surface area (Å²) in [7, 11) is 0. The van der Waals surface area contributed by atoms with E-state index >= 15 is 0 Å². The molecule has 0 bridgehead atoms. The maximum Gasteiger partial charge on any atom is 0.233 e. The summed E-state index contributed by atoms with van der Waals surface area (Å²) in [6.45, 7) is 3.85. The maximum absolute atomic E-state index is 11.7. The van der Waals surface area contributed by atoms with Crippen LogP contribution in [-0.2, 0) is 4.79 Å². The lowest BCUT2D eigenvalue weighted by Crippen LogP contribution is -2.42. The van der Waals surface area contributed by atoms with Crippen LogP contribution in [0.2, 0.25) is 0 Å². The van der Waals surface area contributed by atoms with Crippen LogP contribution in [0.5, 0.6) is 0 Å². The summed E-state index contributed by atoms with van der Waals surface area (Å²) in [4.78, 5) is 11.7. The Morgan fingerprint density at radius 1 is 1.50 bits per heavy atom. The van der Waals surface area contributed by atoms with Crippen LogP contribution in [0.1, 0.15) is 33.1 Å². The van der Waals surface area contributed by atoms with Gasteiger partial charge in [0, 0.05) is 6.04 Å². The fourth-order valence-corrected chi connectivity index (χ4v) is 2.65. The quantitative estimate of drug-likeness (QED) is 0.762. The Balaban J connectivity index is 2.33. The van der Waals surface area contributed by atoms with Crippen molar-refractivity contribution in [1.82, 2.24) is 5.32 Å². The zero-order valence-corrected chi connectivity index (χ0v) is 10.3. The largest absolute Gasteiger partial charge is 0.351 e. The Kier molecular flexibility index (Phi) is 5.10. The monoisotopic (exact) mass is 235 g/mol. The standard InChI is InChI=1S/C10H18ClNOS/c1-7(11)8(2)12-10(13)9-5-3-4-6-14-9/h7-9H,3-6H2,1-2H3,(H,12,13). The molecular weight excluding hydrogens is 218 g/mol. The number of carbonyl (C=O) groups is 1. The summed E-state index contributed by atoms with van der Waals surface area (Å²) in [5.41, 5.74) is 0. The van der Waals surface area contributed by atoms with Crippen molar-refractivity contribution in [3.63, 3.8) is 0 Å². The molecular formula is C10H18ClNOS. The summed E-state index contributed by atoms with van der Waals surface area (Å²) >= 11 is 7.66. The predicted molar refractivity (Wildman–Crippen MR) is 63.0 cm³/mol. The zero-order valence-electron chi connectivity index (χ0n) is 8.75. The predicted octanol–water partition coefficient (Wildman–Crippen LogP) is 2.40. The molecule has 3 unspecified atom stereocenters. The Morgan fingerprint density at radius 2 is 2.21 bits per heavy atom. The Bertz CT molecular complexity index is 193. The number of alkyl halides is 1. The molecule has 0 saturated carbocycles. The number of amides is 1. The molecule has 1 amide bonds. The van der Waals surface area contributed by atoms with Crippen molar-refractivity contribution in [2.45, 2.75) is 49.8 Å². The van der Waals surface area contributed by atoms with Crippen molar-refractivity contribution >= 4 is 29.3 Å². The highest BCUT2D eigenvalue weighted by Crippen LogP contribution is 2.25. The second kappa shape index (κ2) is 5.86. The van der Waals surface area contributed by atoms with Crippen molar-refractivity contribution in [1.29, 1.82) is 0 Å². The third-order valence-corrected chi connectivity index (χ3v) is 4.29. The van der Waals surface area contributed by atoms with Crippen LogP contribution in [0.25, 0.3) is 0 Å². The van der Waals surface area contributed by atoms with Gasteiger partial charge < -0.3 is 5.32 Å². The van der Waals surface area contributed by atoms with Crippen molar-refractivity contribution in [3.05, 3.63) is 0 Å². The third kappa shape index (κ3) is 3.70. The highest BCUT2D eigenvalue weighted by molar-refractivity contribution is 8.00. The van der Waals surface area contributed by atoms with Crippen LogP contribution >= 0.6 is 23.4 Å². The minimum atomic E-state index is -0.00691. The van der Waals surface area contributed by atoms with Crippen molar-refractivity contribution in [2.24, 2.45) is 0 Å². The number of hydrogen-bond acceptors (Lipinski definition) is 2. The molecule has 1 N–H and O–H groups in total. The highest BCUT2D eigenvalue weighted by Gasteiger charge is 2.23. The van der Waals surface area contributed by atoms with Crippen molar-refractivity contribution in [2.75, 3.05) is 5.75 Å². The van der Waals surface area contributed by atoms with Gasteiger partial charge in [0.1, 0.15) is 0 Å². The molecule has 1 fully saturated rings. The molecule has 0 radical (unpaired) electrons. The number of carbonyl (C=O) groups excluding carboxylic acids is 1. The molecule has 0 aromatic heterocycles. The normalized spacial score (nSPS) is 26.6. The topological polar surface area (TPSA) is 29.1 Å². The van der Waals surface area contributed by atoms with E-state index in [0.717, 1.165) is 12.2 Å². The molecule has 1 aliphatic rings. The molecule has 1 heterocycles. The SMILES string of the molecule is CC(Cl)C(C)NC(=O)C1CCCCS1. The van der Waals surface area contributed by atoms with Gasteiger partial charge in [-0.05, 0) is 32.4 Å². The summed E-state index contributed by atoms with van der Waals surface area (Å²) < 4.78 is 0. The van der Waals surface area contributed by atoms with Gasteiger partial charge >= 0.3 is 0 Å². The van der Waals surface area contributed by atoms with Gasteiger partial charge in [-0.25, -0.2) is 0 Å². The number of thioether (sulfide) groups is 1. The minimum Gasteiger partial charge on any atom is -0.351 e. The number of nitrogens with one attached hydrogen (secondary N) is 1. The first-order valence-corrected chi connectivity index (χ1v) is 6.66. The van der Waals surface area contributed by atoms with Crippen LogP contribution in [-0.4, -0.2) is 28.3 Å². The molecule has 0 spiro atoms. The van der Waals surface area contributed by atoms with Gasteiger partial charge in [-0.3, -0.25) is 4.79 Å². The summed E-state index contributed by atoms with van der Waals surface area (Å²) in [5.74, 6) is 1.28. The maximum atomic E-state index is 11.7. The van der Waals surface area contributed by atoms with Crippen LogP contribution in [0, 0.1) is 0 Å². The molecule has 1 saturated heterocycles. The number of rotatable bonds is 3.